The molecule has 16 heavy (non-hydrogen) atoms. The van der Waals surface area contributed by atoms with Crippen molar-refractivity contribution < 1.29 is 13.5 Å². The van der Waals surface area contributed by atoms with E-state index in [2.05, 4.69) is 0 Å². The fourth-order valence-corrected chi connectivity index (χ4v) is 1.75. The maximum Gasteiger partial charge on any atom is 0.290 e. The third kappa shape index (κ3) is 1.67. The molecule has 0 bridgehead atoms. The minimum Gasteiger partial charge on any atom is -0.493 e. The van der Waals surface area contributed by atoms with Crippen LogP contribution in [-0.4, -0.2) is 12.1 Å². The van der Waals surface area contributed by atoms with Gasteiger partial charge in [-0.2, -0.15) is 8.78 Å². The molecule has 4 heteroatoms. The van der Waals surface area contributed by atoms with E-state index in [0.717, 1.165) is 5.56 Å². The number of rotatable bonds is 2. The second kappa shape index (κ2) is 3.42. The first-order valence-corrected chi connectivity index (χ1v) is 5.25. The van der Waals surface area contributed by atoms with Crippen LogP contribution < -0.4 is 10.5 Å². The third-order valence-corrected chi connectivity index (χ3v) is 2.86. The van der Waals surface area contributed by atoms with Gasteiger partial charge < -0.3 is 10.5 Å². The molecule has 0 aliphatic carbocycles. The van der Waals surface area contributed by atoms with Gasteiger partial charge in [0.05, 0.1) is 12.1 Å². The number of nitrogens with two attached hydrogens (primary N) is 1. The molecular weight excluding hydrogens is 212 g/mol. The summed E-state index contributed by atoms with van der Waals surface area (Å²) in [5.74, 6) is -2.33. The van der Waals surface area contributed by atoms with E-state index in [-0.39, 0.29) is 5.56 Å². The maximum atomic E-state index is 14.0. The summed E-state index contributed by atoms with van der Waals surface area (Å²) in [5, 5.41) is 0. The fraction of sp³-hybridized carbons (Fsp3) is 0.500. The molecule has 2 N–H and O–H groups in total. The van der Waals surface area contributed by atoms with Crippen LogP contribution in [0.1, 0.15) is 25.0 Å². The molecular formula is C12H15F2NO. The zero-order chi connectivity index (χ0) is 12.0. The van der Waals surface area contributed by atoms with Crippen molar-refractivity contribution in [3.63, 3.8) is 0 Å². The summed E-state index contributed by atoms with van der Waals surface area (Å²) in [6.07, 6.45) is 0.685. The predicted octanol–water partition coefficient (Wildman–Crippen LogP) is 2.45. The van der Waals surface area contributed by atoms with Gasteiger partial charge in [0.15, 0.2) is 0 Å². The number of hydrogen-bond donors (Lipinski definition) is 1. The SMILES string of the molecule is CC(C)(N)C(F)(F)c1ccc2c(c1)CCO2. The van der Waals surface area contributed by atoms with Crippen molar-refractivity contribution in [2.45, 2.75) is 31.7 Å². The van der Waals surface area contributed by atoms with E-state index >= 15 is 0 Å². The van der Waals surface area contributed by atoms with E-state index in [1.54, 1.807) is 6.07 Å². The summed E-state index contributed by atoms with van der Waals surface area (Å²) in [7, 11) is 0. The average Bonchev–Trinajstić information content (AvgIpc) is 2.61. The fourth-order valence-electron chi connectivity index (χ4n) is 1.75. The second-order valence-corrected chi connectivity index (χ2v) is 4.72. The Balaban J connectivity index is 2.42. The maximum absolute atomic E-state index is 14.0. The van der Waals surface area contributed by atoms with Crippen molar-refractivity contribution in [2.75, 3.05) is 6.61 Å². The monoisotopic (exact) mass is 227 g/mol. The zero-order valence-corrected chi connectivity index (χ0v) is 9.39. The van der Waals surface area contributed by atoms with Gasteiger partial charge in [-0.15, -0.1) is 0 Å². The highest BCUT2D eigenvalue weighted by molar-refractivity contribution is 5.41. The number of benzene rings is 1. The molecule has 1 aromatic rings. The van der Waals surface area contributed by atoms with Crippen LogP contribution in [0.3, 0.4) is 0 Å². The van der Waals surface area contributed by atoms with Gasteiger partial charge in [-0.1, -0.05) is 0 Å². The van der Waals surface area contributed by atoms with Gasteiger partial charge in [0.2, 0.25) is 0 Å². The number of hydrogen-bond acceptors (Lipinski definition) is 2. The Morgan fingerprint density at radius 1 is 1.31 bits per heavy atom. The summed E-state index contributed by atoms with van der Waals surface area (Å²) in [6, 6.07) is 4.48. The van der Waals surface area contributed by atoms with Gasteiger partial charge in [0.1, 0.15) is 5.75 Å². The van der Waals surface area contributed by atoms with Gasteiger partial charge in [0, 0.05) is 12.0 Å². The summed E-state index contributed by atoms with van der Waals surface area (Å²) in [5.41, 5.74) is 4.74. The van der Waals surface area contributed by atoms with Gasteiger partial charge in [-0.25, -0.2) is 0 Å². The molecule has 1 aliphatic heterocycles. The Morgan fingerprint density at radius 2 is 2.00 bits per heavy atom. The van der Waals surface area contributed by atoms with E-state index in [4.69, 9.17) is 10.5 Å². The Labute approximate surface area is 93.4 Å². The average molecular weight is 227 g/mol. The summed E-state index contributed by atoms with van der Waals surface area (Å²) in [4.78, 5) is 0. The normalized spacial score (nSPS) is 15.8. The number of ether oxygens (including phenoxy) is 1. The quantitative estimate of drug-likeness (QED) is 0.842. The Bertz CT molecular complexity index is 410. The molecule has 0 amide bonds. The molecule has 1 heterocycles. The molecule has 88 valence electrons. The molecule has 0 unspecified atom stereocenters. The highest BCUT2D eigenvalue weighted by Gasteiger charge is 2.45. The molecule has 0 aromatic heterocycles. The summed E-state index contributed by atoms with van der Waals surface area (Å²) >= 11 is 0. The lowest BCUT2D eigenvalue weighted by Crippen LogP contribution is -2.48. The van der Waals surface area contributed by atoms with E-state index < -0.39 is 11.5 Å². The third-order valence-electron chi connectivity index (χ3n) is 2.86. The van der Waals surface area contributed by atoms with Crippen LogP contribution in [0.5, 0.6) is 5.75 Å². The van der Waals surface area contributed by atoms with Crippen LogP contribution in [0.4, 0.5) is 8.78 Å². The highest BCUT2D eigenvalue weighted by Crippen LogP contribution is 2.39. The first-order chi connectivity index (χ1) is 7.32. The molecule has 2 nitrogen and oxygen atoms in total. The minimum absolute atomic E-state index is 0.0377. The standard InChI is InChI=1S/C12H15F2NO/c1-11(2,15)12(13,14)9-3-4-10-8(7-9)5-6-16-10/h3-4,7H,5-6,15H2,1-2H3. The number of halogens is 2. The van der Waals surface area contributed by atoms with Crippen molar-refractivity contribution in [1.29, 1.82) is 0 Å². The van der Waals surface area contributed by atoms with Crippen LogP contribution in [0.15, 0.2) is 18.2 Å². The molecule has 0 fully saturated rings. The van der Waals surface area contributed by atoms with Crippen LogP contribution in [0.25, 0.3) is 0 Å². The van der Waals surface area contributed by atoms with Gasteiger partial charge in [0.25, 0.3) is 5.92 Å². The lowest BCUT2D eigenvalue weighted by Gasteiger charge is -2.30. The second-order valence-electron chi connectivity index (χ2n) is 4.72. The zero-order valence-electron chi connectivity index (χ0n) is 9.39. The van der Waals surface area contributed by atoms with Gasteiger partial charge >= 0.3 is 0 Å². The van der Waals surface area contributed by atoms with Crippen LogP contribution in [0, 0.1) is 0 Å². The summed E-state index contributed by atoms with van der Waals surface area (Å²) < 4.78 is 33.2. The molecule has 1 aliphatic rings. The van der Waals surface area contributed by atoms with Gasteiger partial charge in [-0.05, 0) is 37.6 Å². The smallest absolute Gasteiger partial charge is 0.290 e. The van der Waals surface area contributed by atoms with Crippen molar-refractivity contribution in [3.05, 3.63) is 29.3 Å². The minimum atomic E-state index is -3.04. The Morgan fingerprint density at radius 3 is 2.62 bits per heavy atom. The van der Waals surface area contributed by atoms with Crippen molar-refractivity contribution in [1.82, 2.24) is 0 Å². The number of alkyl halides is 2. The van der Waals surface area contributed by atoms with Crippen molar-refractivity contribution in [3.8, 4) is 5.75 Å². The van der Waals surface area contributed by atoms with E-state index in [0.29, 0.717) is 18.8 Å². The largest absolute Gasteiger partial charge is 0.493 e. The molecule has 0 atom stereocenters. The van der Waals surface area contributed by atoms with Crippen LogP contribution >= 0.6 is 0 Å². The van der Waals surface area contributed by atoms with E-state index in [1.165, 1.54) is 26.0 Å². The van der Waals surface area contributed by atoms with E-state index in [9.17, 15) is 8.78 Å². The molecule has 2 rings (SSSR count). The molecule has 0 saturated carbocycles. The van der Waals surface area contributed by atoms with Crippen molar-refractivity contribution in [2.24, 2.45) is 5.73 Å². The lowest BCUT2D eigenvalue weighted by molar-refractivity contribution is -0.0673. The topological polar surface area (TPSA) is 35.2 Å². The predicted molar refractivity (Wildman–Crippen MR) is 57.8 cm³/mol. The highest BCUT2D eigenvalue weighted by atomic mass is 19.3. The Kier molecular flexibility index (Phi) is 2.42. The lowest BCUT2D eigenvalue weighted by atomic mass is 9.90. The van der Waals surface area contributed by atoms with Crippen LogP contribution in [-0.2, 0) is 12.3 Å². The molecule has 0 radical (unpaired) electrons. The first-order valence-electron chi connectivity index (χ1n) is 5.25. The number of fused-ring (bicyclic) bond motifs is 1. The molecule has 1 aromatic carbocycles. The van der Waals surface area contributed by atoms with Gasteiger partial charge in [-0.3, -0.25) is 0 Å². The van der Waals surface area contributed by atoms with E-state index in [1.807, 2.05) is 0 Å². The molecule has 0 saturated heterocycles. The van der Waals surface area contributed by atoms with Crippen molar-refractivity contribution >= 4 is 0 Å². The first kappa shape index (κ1) is 11.3. The molecule has 0 spiro atoms. The Hall–Kier alpha value is -1.16. The van der Waals surface area contributed by atoms with Crippen LogP contribution in [0.2, 0.25) is 0 Å². The summed E-state index contributed by atoms with van der Waals surface area (Å²) in [6.45, 7) is 3.23.